The van der Waals surface area contributed by atoms with Crippen LogP contribution >= 0.6 is 11.3 Å². The van der Waals surface area contributed by atoms with Gasteiger partial charge < -0.3 is 5.11 Å². The molecule has 3 aliphatic rings. The maximum absolute atomic E-state index is 12.6. The van der Waals surface area contributed by atoms with Gasteiger partial charge in [-0.2, -0.15) is 0 Å². The summed E-state index contributed by atoms with van der Waals surface area (Å²) in [6.07, 6.45) is 5.56. The molecule has 3 N–H and O–H groups in total. The largest absolute Gasteiger partial charge is 0.481 e. The van der Waals surface area contributed by atoms with Gasteiger partial charge in [-0.3, -0.25) is 25.2 Å². The summed E-state index contributed by atoms with van der Waals surface area (Å²) in [5.74, 6) is -1.88. The first-order valence-electron chi connectivity index (χ1n) is 9.38. The summed E-state index contributed by atoms with van der Waals surface area (Å²) in [5, 5.41) is 11.3. The molecule has 2 saturated carbocycles. The van der Waals surface area contributed by atoms with Crippen molar-refractivity contribution in [1.82, 2.24) is 10.9 Å². The molecule has 1 heterocycles. The minimum absolute atomic E-state index is 0.0924. The molecule has 5 atom stereocenters. The number of aliphatic carboxylic acids is 1. The lowest BCUT2D eigenvalue weighted by Crippen LogP contribution is -2.48. The Bertz CT molecular complexity index is 759. The number of rotatable bonds is 3. The minimum atomic E-state index is -0.898. The molecule has 26 heavy (non-hydrogen) atoms. The second-order valence-corrected chi connectivity index (χ2v) is 9.03. The average molecular weight is 376 g/mol. The lowest BCUT2D eigenvalue weighted by molar-refractivity contribution is -0.149. The molecule has 1 aromatic rings. The number of thiophene rings is 1. The van der Waals surface area contributed by atoms with Crippen molar-refractivity contribution in [2.45, 2.75) is 45.4 Å². The van der Waals surface area contributed by atoms with Crippen LogP contribution in [-0.4, -0.2) is 22.9 Å². The Labute approximate surface area is 156 Å². The molecular weight excluding hydrogens is 352 g/mol. The van der Waals surface area contributed by atoms with Gasteiger partial charge in [0.05, 0.1) is 17.4 Å². The second kappa shape index (κ2) is 6.68. The highest BCUT2D eigenvalue weighted by Gasteiger charge is 2.54. The number of fused-ring (bicyclic) bond motifs is 3. The molecule has 140 valence electrons. The number of carboxylic acid groups (broad SMARTS) is 1. The second-order valence-electron chi connectivity index (χ2n) is 8.07. The summed E-state index contributed by atoms with van der Waals surface area (Å²) in [6, 6.07) is 0. The zero-order valence-corrected chi connectivity index (χ0v) is 15.6. The summed E-state index contributed by atoms with van der Waals surface area (Å²) in [4.78, 5) is 37.9. The van der Waals surface area contributed by atoms with Crippen molar-refractivity contribution in [2.24, 2.45) is 29.6 Å². The lowest BCUT2D eigenvalue weighted by Gasteiger charge is -2.27. The molecule has 1 aromatic heterocycles. The quantitative estimate of drug-likeness (QED) is 0.706. The molecule has 0 unspecified atom stereocenters. The zero-order chi connectivity index (χ0) is 18.4. The topological polar surface area (TPSA) is 95.5 Å². The molecule has 6 nitrogen and oxygen atoms in total. The number of amides is 2. The molecular formula is C19H24N2O4S. The van der Waals surface area contributed by atoms with Gasteiger partial charge in [-0.15, -0.1) is 11.3 Å². The fourth-order valence-electron chi connectivity index (χ4n) is 5.16. The monoisotopic (exact) mass is 376 g/mol. The van der Waals surface area contributed by atoms with Gasteiger partial charge in [-0.25, -0.2) is 0 Å². The van der Waals surface area contributed by atoms with E-state index in [4.69, 9.17) is 0 Å². The summed E-state index contributed by atoms with van der Waals surface area (Å²) >= 11 is 1.61. The summed E-state index contributed by atoms with van der Waals surface area (Å²) in [6.45, 7) is 2.22. The fourth-order valence-corrected chi connectivity index (χ4v) is 6.41. The van der Waals surface area contributed by atoms with Gasteiger partial charge in [0.15, 0.2) is 0 Å². The van der Waals surface area contributed by atoms with Crippen LogP contribution in [0.25, 0.3) is 0 Å². The van der Waals surface area contributed by atoms with Gasteiger partial charge in [0.25, 0.3) is 5.91 Å². The van der Waals surface area contributed by atoms with Crippen molar-refractivity contribution in [2.75, 3.05) is 0 Å². The van der Waals surface area contributed by atoms with E-state index in [1.165, 1.54) is 4.88 Å². The van der Waals surface area contributed by atoms with Gasteiger partial charge >= 0.3 is 5.97 Å². The van der Waals surface area contributed by atoms with Crippen molar-refractivity contribution in [3.63, 3.8) is 0 Å². The van der Waals surface area contributed by atoms with Crippen LogP contribution < -0.4 is 10.9 Å². The number of hydrogen-bond donors (Lipinski definition) is 3. The Balaban J connectivity index is 1.41. The van der Waals surface area contributed by atoms with Crippen LogP contribution in [0.2, 0.25) is 0 Å². The van der Waals surface area contributed by atoms with Crippen molar-refractivity contribution < 1.29 is 19.5 Å². The molecule has 2 fully saturated rings. The zero-order valence-electron chi connectivity index (χ0n) is 14.8. The summed E-state index contributed by atoms with van der Waals surface area (Å²) < 4.78 is 0. The number of nitrogens with one attached hydrogen (secondary N) is 2. The van der Waals surface area contributed by atoms with Gasteiger partial charge in [-0.1, -0.05) is 6.92 Å². The number of hydrogen-bond acceptors (Lipinski definition) is 4. The van der Waals surface area contributed by atoms with E-state index >= 15 is 0 Å². The molecule has 2 amide bonds. The molecule has 0 spiro atoms. The number of carbonyl (C=O) groups excluding carboxylic acids is 2. The highest BCUT2D eigenvalue weighted by atomic mass is 32.1. The van der Waals surface area contributed by atoms with Crippen LogP contribution in [0.1, 0.15) is 53.4 Å². The smallest absolute Gasteiger partial charge is 0.307 e. The van der Waals surface area contributed by atoms with Crippen LogP contribution in [0.4, 0.5) is 0 Å². The van der Waals surface area contributed by atoms with Crippen molar-refractivity contribution in [1.29, 1.82) is 0 Å². The maximum atomic E-state index is 12.6. The molecule has 3 aliphatic carbocycles. The minimum Gasteiger partial charge on any atom is -0.481 e. The van der Waals surface area contributed by atoms with E-state index in [9.17, 15) is 19.5 Å². The molecule has 7 heteroatoms. The summed E-state index contributed by atoms with van der Waals surface area (Å²) in [7, 11) is 0. The first-order valence-corrected chi connectivity index (χ1v) is 10.3. The third-order valence-corrected chi connectivity index (χ3v) is 7.50. The molecule has 2 bridgehead atoms. The SMILES string of the molecule is C[C@@H]1CCc2c(C(=O)NNC(=O)[C@@H]3[C@H]4CC[C@@H](C4)[C@H]3C(=O)O)csc2C1. The molecule has 0 radical (unpaired) electrons. The highest BCUT2D eigenvalue weighted by molar-refractivity contribution is 7.10. The number of carbonyl (C=O) groups is 3. The first-order chi connectivity index (χ1) is 12.5. The van der Waals surface area contributed by atoms with Gasteiger partial charge in [0.1, 0.15) is 0 Å². The first kappa shape index (κ1) is 17.5. The third-order valence-electron chi connectivity index (χ3n) is 6.45. The highest BCUT2D eigenvalue weighted by Crippen LogP contribution is 2.52. The van der Waals surface area contributed by atoms with Crippen molar-refractivity contribution in [3.8, 4) is 0 Å². The Hall–Kier alpha value is -1.89. The Morgan fingerprint density at radius 1 is 1.12 bits per heavy atom. The van der Waals surface area contributed by atoms with E-state index in [0.29, 0.717) is 11.5 Å². The van der Waals surface area contributed by atoms with Gasteiger partial charge in [0, 0.05) is 10.3 Å². The third kappa shape index (κ3) is 2.92. The fraction of sp³-hybridized carbons (Fsp3) is 0.632. The van der Waals surface area contributed by atoms with Crippen LogP contribution in [0.5, 0.6) is 0 Å². The van der Waals surface area contributed by atoms with Crippen LogP contribution in [-0.2, 0) is 22.4 Å². The Morgan fingerprint density at radius 3 is 2.58 bits per heavy atom. The van der Waals surface area contributed by atoms with Gasteiger partial charge in [-0.05, 0) is 61.8 Å². The van der Waals surface area contributed by atoms with E-state index in [1.54, 1.807) is 11.3 Å². The van der Waals surface area contributed by atoms with Crippen LogP contribution in [0.3, 0.4) is 0 Å². The number of hydrazine groups is 1. The maximum Gasteiger partial charge on any atom is 0.307 e. The van der Waals surface area contributed by atoms with Crippen molar-refractivity contribution >= 4 is 29.1 Å². The van der Waals surface area contributed by atoms with E-state index in [2.05, 4.69) is 17.8 Å². The normalized spacial score (nSPS) is 32.1. The Morgan fingerprint density at radius 2 is 1.85 bits per heavy atom. The van der Waals surface area contributed by atoms with Gasteiger partial charge in [0.2, 0.25) is 5.91 Å². The van der Waals surface area contributed by atoms with Crippen molar-refractivity contribution in [3.05, 3.63) is 21.4 Å². The number of carboxylic acids is 1. The van der Waals surface area contributed by atoms with E-state index < -0.39 is 17.8 Å². The van der Waals surface area contributed by atoms with Crippen LogP contribution in [0.15, 0.2) is 5.38 Å². The predicted octanol–water partition coefficient (Wildman–Crippen LogP) is 2.38. The molecule has 4 rings (SSSR count). The van der Waals surface area contributed by atoms with E-state index in [-0.39, 0.29) is 23.7 Å². The molecule has 0 aromatic carbocycles. The molecule has 0 saturated heterocycles. The lowest BCUT2D eigenvalue weighted by atomic mass is 9.79. The predicted molar refractivity (Wildman–Crippen MR) is 96.6 cm³/mol. The average Bonchev–Trinajstić information content (AvgIpc) is 3.32. The summed E-state index contributed by atoms with van der Waals surface area (Å²) in [5.41, 5.74) is 6.76. The van der Waals surface area contributed by atoms with Crippen LogP contribution in [0, 0.1) is 29.6 Å². The Kier molecular flexibility index (Phi) is 4.50. The standard InChI is InChI=1S/C19H24N2O4S/c1-9-2-5-12-13(8-26-14(12)6-9)17(22)20-21-18(23)15-10-3-4-11(7-10)16(15)19(24)25/h8-11,15-16H,2-7H2,1H3,(H,20,22)(H,21,23)(H,24,25)/t9-,10+,11+,15-,16-/m1/s1. The van der Waals surface area contributed by atoms with E-state index in [0.717, 1.165) is 44.1 Å². The van der Waals surface area contributed by atoms with E-state index in [1.807, 2.05) is 5.38 Å². The molecule has 0 aliphatic heterocycles.